The number of aromatic nitrogens is 3. The van der Waals surface area contributed by atoms with Gasteiger partial charge in [-0.2, -0.15) is 0 Å². The van der Waals surface area contributed by atoms with Crippen LogP contribution >= 0.6 is 11.3 Å². The first-order chi connectivity index (χ1) is 11.2. The van der Waals surface area contributed by atoms with Crippen molar-refractivity contribution in [1.29, 1.82) is 0 Å². The van der Waals surface area contributed by atoms with Crippen LogP contribution in [0.1, 0.15) is 35.5 Å². The predicted octanol–water partition coefficient (Wildman–Crippen LogP) is 2.49. The van der Waals surface area contributed by atoms with E-state index in [0.29, 0.717) is 6.54 Å². The molecule has 2 rings (SSSR count). The normalized spacial score (nSPS) is 11.7. The Labute approximate surface area is 142 Å². The molecule has 126 valence electrons. The smallest absolute Gasteiger partial charge is 0.191 e. The molecule has 0 aliphatic carbocycles. The highest BCUT2D eigenvalue weighted by Gasteiger charge is 2.01. The molecule has 0 unspecified atom stereocenters. The Bertz CT molecular complexity index is 616. The Hall–Kier alpha value is -1.89. The number of rotatable bonds is 8. The van der Waals surface area contributed by atoms with E-state index in [0.717, 1.165) is 49.3 Å². The number of aliphatic imine (C=N–C) groups is 1. The summed E-state index contributed by atoms with van der Waals surface area (Å²) in [6.07, 6.45) is 8.00. The number of nitrogens with zero attached hydrogens (tertiary/aromatic N) is 4. The van der Waals surface area contributed by atoms with Crippen molar-refractivity contribution in [3.8, 4) is 0 Å². The van der Waals surface area contributed by atoms with E-state index in [-0.39, 0.29) is 0 Å². The molecule has 23 heavy (non-hydrogen) atoms. The molecule has 0 radical (unpaired) electrons. The van der Waals surface area contributed by atoms with E-state index in [1.54, 1.807) is 11.3 Å². The SMILES string of the molecule is CCNC(=NCc1ncc(C)s1)NCCCCn1ccnc1C. The maximum atomic E-state index is 4.59. The second-order valence-corrected chi connectivity index (χ2v) is 6.68. The molecule has 0 amide bonds. The minimum absolute atomic E-state index is 0.627. The Balaban J connectivity index is 1.70. The highest BCUT2D eigenvalue weighted by molar-refractivity contribution is 7.11. The molecule has 2 aromatic rings. The number of guanidine groups is 1. The summed E-state index contributed by atoms with van der Waals surface area (Å²) in [4.78, 5) is 14.4. The topological polar surface area (TPSA) is 67.1 Å². The van der Waals surface area contributed by atoms with Crippen molar-refractivity contribution in [2.75, 3.05) is 13.1 Å². The van der Waals surface area contributed by atoms with Gasteiger partial charge in [-0.05, 0) is 33.6 Å². The molecule has 0 aromatic carbocycles. The quantitative estimate of drug-likeness (QED) is 0.442. The summed E-state index contributed by atoms with van der Waals surface area (Å²) < 4.78 is 2.18. The van der Waals surface area contributed by atoms with Crippen molar-refractivity contribution >= 4 is 17.3 Å². The van der Waals surface area contributed by atoms with Gasteiger partial charge in [0, 0.05) is 43.1 Å². The molecule has 0 saturated carbocycles. The summed E-state index contributed by atoms with van der Waals surface area (Å²) in [5.41, 5.74) is 0. The van der Waals surface area contributed by atoms with Crippen LogP contribution < -0.4 is 10.6 Å². The first kappa shape index (κ1) is 17.5. The number of thiazole rings is 1. The van der Waals surface area contributed by atoms with E-state index in [1.807, 2.05) is 25.5 Å². The van der Waals surface area contributed by atoms with Crippen LogP contribution in [0.15, 0.2) is 23.6 Å². The maximum absolute atomic E-state index is 4.59. The van der Waals surface area contributed by atoms with Crippen LogP contribution in [0.3, 0.4) is 0 Å². The van der Waals surface area contributed by atoms with Crippen molar-refractivity contribution in [2.45, 2.75) is 46.7 Å². The van der Waals surface area contributed by atoms with Gasteiger partial charge in [0.2, 0.25) is 0 Å². The lowest BCUT2D eigenvalue weighted by molar-refractivity contribution is 0.588. The molecule has 6 nitrogen and oxygen atoms in total. The average Bonchev–Trinajstić information content (AvgIpc) is 3.13. The van der Waals surface area contributed by atoms with Gasteiger partial charge in [-0.3, -0.25) is 0 Å². The van der Waals surface area contributed by atoms with Gasteiger partial charge in [-0.25, -0.2) is 15.0 Å². The van der Waals surface area contributed by atoms with Gasteiger partial charge in [0.05, 0.1) is 6.54 Å². The molecule has 0 saturated heterocycles. The van der Waals surface area contributed by atoms with Gasteiger partial charge >= 0.3 is 0 Å². The van der Waals surface area contributed by atoms with Gasteiger partial charge in [0.25, 0.3) is 0 Å². The van der Waals surface area contributed by atoms with Gasteiger partial charge in [-0.15, -0.1) is 11.3 Å². The first-order valence-electron chi connectivity index (χ1n) is 8.10. The van der Waals surface area contributed by atoms with Crippen LogP contribution in [-0.4, -0.2) is 33.6 Å². The van der Waals surface area contributed by atoms with Crippen molar-refractivity contribution < 1.29 is 0 Å². The van der Waals surface area contributed by atoms with Crippen molar-refractivity contribution in [2.24, 2.45) is 4.99 Å². The van der Waals surface area contributed by atoms with Crippen LogP contribution in [0.25, 0.3) is 0 Å². The highest BCUT2D eigenvalue weighted by Crippen LogP contribution is 2.11. The molecule has 2 aromatic heterocycles. The fraction of sp³-hybridized carbons (Fsp3) is 0.562. The minimum Gasteiger partial charge on any atom is -0.357 e. The average molecular weight is 334 g/mol. The Morgan fingerprint density at radius 1 is 1.26 bits per heavy atom. The summed E-state index contributed by atoms with van der Waals surface area (Å²) in [6.45, 7) is 9.59. The fourth-order valence-corrected chi connectivity index (χ4v) is 2.93. The first-order valence-corrected chi connectivity index (χ1v) is 8.92. The molecule has 7 heteroatoms. The summed E-state index contributed by atoms with van der Waals surface area (Å²) >= 11 is 1.70. The van der Waals surface area contributed by atoms with Crippen LogP contribution in [-0.2, 0) is 13.1 Å². The summed E-state index contributed by atoms with van der Waals surface area (Å²) in [5, 5.41) is 7.71. The van der Waals surface area contributed by atoms with E-state index >= 15 is 0 Å². The van der Waals surface area contributed by atoms with Gasteiger partial charge in [-0.1, -0.05) is 0 Å². The van der Waals surface area contributed by atoms with Crippen molar-refractivity contribution in [3.05, 3.63) is 34.3 Å². The lowest BCUT2D eigenvalue weighted by atomic mass is 10.3. The standard InChI is InChI=1S/C16H26N6S/c1-4-17-16(21-12-15-20-11-13(2)23-15)19-7-5-6-9-22-10-8-18-14(22)3/h8,10-11H,4-7,9,12H2,1-3H3,(H2,17,19,21). The number of unbranched alkanes of at least 4 members (excludes halogenated alkanes) is 1. The largest absolute Gasteiger partial charge is 0.357 e. The molecular weight excluding hydrogens is 308 g/mol. The predicted molar refractivity (Wildman–Crippen MR) is 95.9 cm³/mol. The monoisotopic (exact) mass is 334 g/mol. The van der Waals surface area contributed by atoms with E-state index in [1.165, 1.54) is 4.88 Å². The van der Waals surface area contributed by atoms with E-state index in [9.17, 15) is 0 Å². The Morgan fingerprint density at radius 2 is 2.13 bits per heavy atom. The third-order valence-electron chi connectivity index (χ3n) is 3.43. The molecule has 0 spiro atoms. The van der Waals surface area contributed by atoms with Crippen LogP contribution in [0.5, 0.6) is 0 Å². The maximum Gasteiger partial charge on any atom is 0.191 e. The summed E-state index contributed by atoms with van der Waals surface area (Å²) in [6, 6.07) is 0. The number of hydrogen-bond donors (Lipinski definition) is 2. The van der Waals surface area contributed by atoms with E-state index in [2.05, 4.69) is 44.0 Å². The van der Waals surface area contributed by atoms with Crippen LogP contribution in [0.4, 0.5) is 0 Å². The third kappa shape index (κ3) is 6.02. The lowest BCUT2D eigenvalue weighted by Gasteiger charge is -2.11. The Morgan fingerprint density at radius 3 is 2.78 bits per heavy atom. The number of nitrogens with one attached hydrogen (secondary N) is 2. The molecule has 2 N–H and O–H groups in total. The number of aryl methyl sites for hydroxylation is 3. The molecule has 0 bridgehead atoms. The molecule has 0 aliphatic heterocycles. The van der Waals surface area contributed by atoms with Crippen LogP contribution in [0.2, 0.25) is 0 Å². The van der Waals surface area contributed by atoms with Gasteiger partial charge < -0.3 is 15.2 Å². The van der Waals surface area contributed by atoms with Gasteiger partial charge in [0.15, 0.2) is 5.96 Å². The summed E-state index contributed by atoms with van der Waals surface area (Å²) in [7, 11) is 0. The lowest BCUT2D eigenvalue weighted by Crippen LogP contribution is -2.37. The molecular formula is C16H26N6S. The number of hydrogen-bond acceptors (Lipinski definition) is 4. The van der Waals surface area contributed by atoms with Crippen LogP contribution in [0, 0.1) is 13.8 Å². The molecule has 0 fully saturated rings. The zero-order chi connectivity index (χ0) is 16.5. The second kappa shape index (κ2) is 9.29. The second-order valence-electron chi connectivity index (χ2n) is 5.36. The zero-order valence-electron chi connectivity index (χ0n) is 14.2. The summed E-state index contributed by atoms with van der Waals surface area (Å²) in [5.74, 6) is 1.94. The molecule has 2 heterocycles. The van der Waals surface area contributed by atoms with E-state index < -0.39 is 0 Å². The fourth-order valence-electron chi connectivity index (χ4n) is 2.22. The van der Waals surface area contributed by atoms with E-state index in [4.69, 9.17) is 0 Å². The van der Waals surface area contributed by atoms with Crippen molar-refractivity contribution in [1.82, 2.24) is 25.2 Å². The third-order valence-corrected chi connectivity index (χ3v) is 4.33. The minimum atomic E-state index is 0.627. The Kier molecular flexibility index (Phi) is 7.06. The van der Waals surface area contributed by atoms with Crippen molar-refractivity contribution in [3.63, 3.8) is 0 Å². The molecule has 0 aliphatic rings. The molecule has 0 atom stereocenters. The van der Waals surface area contributed by atoms with Gasteiger partial charge in [0.1, 0.15) is 10.8 Å². The zero-order valence-corrected chi connectivity index (χ0v) is 15.0. The number of imidazole rings is 1. The highest BCUT2D eigenvalue weighted by atomic mass is 32.1.